The molecule has 0 aliphatic heterocycles. The van der Waals surface area contributed by atoms with E-state index in [4.69, 9.17) is 16.3 Å². The Hall–Kier alpha value is -1.74. The molecule has 0 saturated heterocycles. The molecule has 1 aromatic carbocycles. The lowest BCUT2D eigenvalue weighted by Crippen LogP contribution is -2.09. The minimum atomic E-state index is 0.128. The maximum atomic E-state index is 5.78. The van der Waals surface area contributed by atoms with Gasteiger partial charge >= 0.3 is 0 Å². The van der Waals surface area contributed by atoms with E-state index in [2.05, 4.69) is 22.4 Å². The van der Waals surface area contributed by atoms with Gasteiger partial charge in [-0.05, 0) is 37.1 Å². The first-order valence-electron chi connectivity index (χ1n) is 6.68. The lowest BCUT2D eigenvalue weighted by molar-refractivity contribution is 0.243. The molecule has 2 aromatic rings. The highest BCUT2D eigenvalue weighted by Crippen LogP contribution is 2.22. The van der Waals surface area contributed by atoms with Gasteiger partial charge in [0.05, 0.1) is 6.10 Å². The molecule has 0 unspecified atom stereocenters. The van der Waals surface area contributed by atoms with Gasteiger partial charge in [-0.15, -0.1) is 11.6 Å². The zero-order chi connectivity index (χ0) is 14.4. The normalized spacial score (nSPS) is 10.6. The molecule has 0 fully saturated rings. The third-order valence-electron chi connectivity index (χ3n) is 2.77. The highest BCUT2D eigenvalue weighted by Gasteiger charge is 2.06. The van der Waals surface area contributed by atoms with E-state index in [9.17, 15) is 0 Å². The summed E-state index contributed by atoms with van der Waals surface area (Å²) >= 11 is 5.78. The van der Waals surface area contributed by atoms with Gasteiger partial charge in [-0.1, -0.05) is 24.3 Å². The number of pyridine rings is 1. The maximum Gasteiger partial charge on any atom is 0.169 e. The number of alkyl halides is 1. The van der Waals surface area contributed by atoms with Crippen molar-refractivity contribution in [1.82, 2.24) is 4.98 Å². The van der Waals surface area contributed by atoms with Gasteiger partial charge in [0.15, 0.2) is 11.6 Å². The van der Waals surface area contributed by atoms with Crippen molar-refractivity contribution in [3.8, 4) is 5.75 Å². The van der Waals surface area contributed by atoms with Crippen LogP contribution in [0, 0.1) is 0 Å². The second kappa shape index (κ2) is 7.15. The van der Waals surface area contributed by atoms with Crippen LogP contribution in [-0.4, -0.2) is 11.1 Å². The average Bonchev–Trinajstić information content (AvgIpc) is 2.46. The fourth-order valence-corrected chi connectivity index (χ4v) is 1.98. The van der Waals surface area contributed by atoms with Gasteiger partial charge in [0.2, 0.25) is 0 Å². The number of aromatic nitrogens is 1. The minimum absolute atomic E-state index is 0.128. The topological polar surface area (TPSA) is 34.1 Å². The zero-order valence-corrected chi connectivity index (χ0v) is 12.5. The number of rotatable bonds is 6. The van der Waals surface area contributed by atoms with E-state index in [1.165, 1.54) is 5.56 Å². The van der Waals surface area contributed by atoms with Gasteiger partial charge in [-0.25, -0.2) is 4.98 Å². The number of nitrogens with zero attached hydrogens (tertiary/aromatic N) is 1. The summed E-state index contributed by atoms with van der Waals surface area (Å²) in [6.45, 7) is 4.71. The van der Waals surface area contributed by atoms with Gasteiger partial charge < -0.3 is 10.1 Å². The Bertz CT molecular complexity index is 540. The molecule has 1 heterocycles. The van der Waals surface area contributed by atoms with E-state index < -0.39 is 0 Å². The van der Waals surface area contributed by atoms with E-state index in [0.717, 1.165) is 17.1 Å². The predicted molar refractivity (Wildman–Crippen MR) is 83.3 cm³/mol. The number of ether oxygens (including phenoxy) is 1. The first-order valence-corrected chi connectivity index (χ1v) is 7.22. The van der Waals surface area contributed by atoms with Gasteiger partial charge in [-0.2, -0.15) is 0 Å². The van der Waals surface area contributed by atoms with Crippen LogP contribution in [0.2, 0.25) is 0 Å². The molecule has 0 amide bonds. The highest BCUT2D eigenvalue weighted by atomic mass is 35.5. The Balaban J connectivity index is 2.02. The van der Waals surface area contributed by atoms with Crippen LogP contribution in [0.1, 0.15) is 25.0 Å². The molecule has 2 rings (SSSR count). The molecule has 0 spiro atoms. The summed E-state index contributed by atoms with van der Waals surface area (Å²) in [5.74, 6) is 2.09. The minimum Gasteiger partial charge on any atom is -0.487 e. The Morgan fingerprint density at radius 2 is 1.85 bits per heavy atom. The molecular weight excluding hydrogens is 272 g/mol. The standard InChI is InChI=1S/C16H19ClN2O/c1-12(2)20-15-4-3-9-18-16(15)19-11-14-7-5-13(10-17)6-8-14/h3-9,12H,10-11H2,1-2H3,(H,18,19). The predicted octanol–water partition coefficient (Wildman–Crippen LogP) is 4.22. The summed E-state index contributed by atoms with van der Waals surface area (Å²) < 4.78 is 5.73. The summed E-state index contributed by atoms with van der Waals surface area (Å²) in [6.07, 6.45) is 1.88. The molecule has 0 radical (unpaired) electrons. The molecule has 0 saturated carbocycles. The molecule has 0 aliphatic rings. The molecular formula is C16H19ClN2O. The Labute approximate surface area is 124 Å². The quantitative estimate of drug-likeness (QED) is 0.809. The number of nitrogens with one attached hydrogen (secondary N) is 1. The van der Waals surface area contributed by atoms with E-state index in [0.29, 0.717) is 12.4 Å². The molecule has 4 heteroatoms. The number of benzene rings is 1. The van der Waals surface area contributed by atoms with Crippen molar-refractivity contribution in [2.45, 2.75) is 32.4 Å². The Morgan fingerprint density at radius 3 is 2.50 bits per heavy atom. The van der Waals surface area contributed by atoms with Crippen molar-refractivity contribution >= 4 is 17.4 Å². The maximum absolute atomic E-state index is 5.78. The summed E-state index contributed by atoms with van der Waals surface area (Å²) in [6, 6.07) is 12.0. The number of hydrogen-bond acceptors (Lipinski definition) is 3. The molecule has 0 aliphatic carbocycles. The SMILES string of the molecule is CC(C)Oc1cccnc1NCc1ccc(CCl)cc1. The Kier molecular flexibility index (Phi) is 5.24. The van der Waals surface area contributed by atoms with Crippen LogP contribution >= 0.6 is 11.6 Å². The molecule has 3 nitrogen and oxygen atoms in total. The molecule has 20 heavy (non-hydrogen) atoms. The first-order chi connectivity index (χ1) is 9.69. The molecule has 0 bridgehead atoms. The number of halogens is 1. The van der Waals surface area contributed by atoms with Gasteiger partial charge in [0.25, 0.3) is 0 Å². The largest absolute Gasteiger partial charge is 0.487 e. The molecule has 1 aromatic heterocycles. The van der Waals surface area contributed by atoms with Crippen molar-refractivity contribution in [3.63, 3.8) is 0 Å². The van der Waals surface area contributed by atoms with Crippen molar-refractivity contribution < 1.29 is 4.74 Å². The van der Waals surface area contributed by atoms with Crippen LogP contribution in [0.15, 0.2) is 42.6 Å². The highest BCUT2D eigenvalue weighted by molar-refractivity contribution is 6.17. The zero-order valence-electron chi connectivity index (χ0n) is 11.8. The first kappa shape index (κ1) is 14.7. The van der Waals surface area contributed by atoms with Crippen LogP contribution in [0.3, 0.4) is 0 Å². The van der Waals surface area contributed by atoms with Crippen LogP contribution in [0.25, 0.3) is 0 Å². The molecule has 1 N–H and O–H groups in total. The smallest absolute Gasteiger partial charge is 0.169 e. The van der Waals surface area contributed by atoms with Gasteiger partial charge in [0.1, 0.15) is 0 Å². The van der Waals surface area contributed by atoms with E-state index in [-0.39, 0.29) is 6.10 Å². The summed E-state index contributed by atoms with van der Waals surface area (Å²) in [4.78, 5) is 4.32. The Morgan fingerprint density at radius 1 is 1.15 bits per heavy atom. The van der Waals surface area contributed by atoms with Gasteiger partial charge in [0, 0.05) is 18.6 Å². The van der Waals surface area contributed by atoms with Crippen LogP contribution < -0.4 is 10.1 Å². The van der Waals surface area contributed by atoms with E-state index in [1.54, 1.807) is 6.20 Å². The van der Waals surface area contributed by atoms with Crippen molar-refractivity contribution in [2.24, 2.45) is 0 Å². The van der Waals surface area contributed by atoms with Crippen molar-refractivity contribution in [2.75, 3.05) is 5.32 Å². The van der Waals surface area contributed by atoms with Crippen LogP contribution in [0.5, 0.6) is 5.75 Å². The third kappa shape index (κ3) is 4.14. The second-order valence-corrected chi connectivity index (χ2v) is 5.09. The van der Waals surface area contributed by atoms with Crippen molar-refractivity contribution in [3.05, 3.63) is 53.7 Å². The van der Waals surface area contributed by atoms with E-state index in [1.807, 2.05) is 38.1 Å². The number of anilines is 1. The summed E-state index contributed by atoms with van der Waals surface area (Å²) in [5, 5.41) is 3.30. The third-order valence-corrected chi connectivity index (χ3v) is 3.08. The van der Waals surface area contributed by atoms with Crippen molar-refractivity contribution in [1.29, 1.82) is 0 Å². The fraction of sp³-hybridized carbons (Fsp3) is 0.312. The second-order valence-electron chi connectivity index (χ2n) is 4.82. The lowest BCUT2D eigenvalue weighted by atomic mass is 10.1. The molecule has 106 valence electrons. The molecule has 0 atom stereocenters. The van der Waals surface area contributed by atoms with Crippen LogP contribution in [-0.2, 0) is 12.4 Å². The van der Waals surface area contributed by atoms with E-state index >= 15 is 0 Å². The monoisotopic (exact) mass is 290 g/mol. The van der Waals surface area contributed by atoms with Crippen LogP contribution in [0.4, 0.5) is 5.82 Å². The average molecular weight is 291 g/mol. The summed E-state index contributed by atoms with van der Waals surface area (Å²) in [5.41, 5.74) is 2.30. The lowest BCUT2D eigenvalue weighted by Gasteiger charge is -2.14. The fourth-order valence-electron chi connectivity index (χ4n) is 1.80. The number of hydrogen-bond donors (Lipinski definition) is 1. The van der Waals surface area contributed by atoms with Gasteiger partial charge in [-0.3, -0.25) is 0 Å². The summed E-state index contributed by atoms with van der Waals surface area (Å²) in [7, 11) is 0.